The number of ether oxygens (including phenoxy) is 1. The first kappa shape index (κ1) is 20.2. The van der Waals surface area contributed by atoms with Gasteiger partial charge in [0.2, 0.25) is 0 Å². The lowest BCUT2D eigenvalue weighted by atomic mass is 10.1. The Bertz CT molecular complexity index is 948. The highest BCUT2D eigenvalue weighted by Gasteiger charge is 2.14. The first-order chi connectivity index (χ1) is 14.8. The van der Waals surface area contributed by atoms with E-state index in [2.05, 4.69) is 17.4 Å². The monoisotopic (exact) mass is 401 g/mol. The summed E-state index contributed by atoms with van der Waals surface area (Å²) >= 11 is 0. The van der Waals surface area contributed by atoms with Crippen LogP contribution in [0, 0.1) is 0 Å². The van der Waals surface area contributed by atoms with Crippen LogP contribution in [-0.2, 0) is 13.2 Å². The topological polar surface area (TPSA) is 42.8 Å². The van der Waals surface area contributed by atoms with Crippen LogP contribution in [0.25, 0.3) is 0 Å². The molecule has 3 aromatic carbocycles. The van der Waals surface area contributed by atoms with Crippen molar-refractivity contribution < 1.29 is 14.4 Å². The van der Waals surface area contributed by atoms with Crippen molar-refractivity contribution in [1.82, 2.24) is 0 Å². The Kier molecular flexibility index (Phi) is 6.78. The van der Waals surface area contributed by atoms with Crippen molar-refractivity contribution in [3.8, 4) is 5.75 Å². The van der Waals surface area contributed by atoms with Crippen LogP contribution in [0.15, 0.2) is 78.9 Å². The predicted molar refractivity (Wildman–Crippen MR) is 120 cm³/mol. The average molecular weight is 402 g/mol. The maximum absolute atomic E-state index is 12.7. The summed E-state index contributed by atoms with van der Waals surface area (Å²) in [5, 5.41) is 2.99. The summed E-state index contributed by atoms with van der Waals surface area (Å²) in [6.45, 7) is 4.07. The van der Waals surface area contributed by atoms with E-state index in [1.54, 1.807) is 17.0 Å². The number of piperidine rings is 1. The molecule has 154 valence electrons. The van der Waals surface area contributed by atoms with Gasteiger partial charge in [-0.15, -0.1) is 0 Å². The Morgan fingerprint density at radius 1 is 0.833 bits per heavy atom. The lowest BCUT2D eigenvalue weighted by molar-refractivity contribution is -0.918. The second-order valence-corrected chi connectivity index (χ2v) is 7.94. The van der Waals surface area contributed by atoms with Crippen LogP contribution in [0.4, 0.5) is 5.69 Å². The molecular formula is C26H29N2O2+. The Hall–Kier alpha value is -3.11. The minimum Gasteiger partial charge on any atom is -0.489 e. The van der Waals surface area contributed by atoms with Gasteiger partial charge < -0.3 is 15.0 Å². The van der Waals surface area contributed by atoms with Crippen LogP contribution in [0.3, 0.4) is 0 Å². The van der Waals surface area contributed by atoms with Gasteiger partial charge in [-0.25, -0.2) is 0 Å². The molecule has 0 saturated carbocycles. The van der Waals surface area contributed by atoms with Crippen LogP contribution in [0.5, 0.6) is 5.75 Å². The van der Waals surface area contributed by atoms with Gasteiger partial charge in [0.25, 0.3) is 5.91 Å². The lowest BCUT2D eigenvalue weighted by Gasteiger charge is -2.23. The SMILES string of the molecule is O=C(Nc1ccc(C[NH+]2CCCCC2)cc1)c1cccc(OCc2ccccc2)c1. The van der Waals surface area contributed by atoms with Gasteiger partial charge >= 0.3 is 0 Å². The molecule has 1 saturated heterocycles. The number of carbonyl (C=O) groups excluding carboxylic acids is 1. The van der Waals surface area contributed by atoms with E-state index < -0.39 is 0 Å². The standard InChI is InChI=1S/C26H28N2O2/c29-26(23-10-7-11-25(18-23)30-20-22-8-3-1-4-9-22)27-24-14-12-21(13-15-24)19-28-16-5-2-6-17-28/h1,3-4,7-15,18H,2,5-6,16-17,19-20H2,(H,27,29)/p+1. The van der Waals surface area contributed by atoms with Gasteiger partial charge in [0.05, 0.1) is 13.1 Å². The van der Waals surface area contributed by atoms with Crippen LogP contribution in [0.1, 0.15) is 40.7 Å². The number of carbonyl (C=O) groups is 1. The molecule has 1 amide bonds. The van der Waals surface area contributed by atoms with Crippen molar-refractivity contribution in [3.63, 3.8) is 0 Å². The molecule has 0 spiro atoms. The van der Waals surface area contributed by atoms with E-state index in [4.69, 9.17) is 4.74 Å². The molecule has 0 aliphatic carbocycles. The first-order valence-electron chi connectivity index (χ1n) is 10.8. The van der Waals surface area contributed by atoms with Crippen molar-refractivity contribution in [2.45, 2.75) is 32.4 Å². The summed E-state index contributed by atoms with van der Waals surface area (Å²) in [6, 6.07) is 25.5. The molecule has 4 nitrogen and oxygen atoms in total. The molecule has 4 rings (SSSR count). The minimum atomic E-state index is -0.130. The van der Waals surface area contributed by atoms with E-state index in [0.29, 0.717) is 17.9 Å². The number of hydrogen-bond acceptors (Lipinski definition) is 2. The third-order valence-electron chi connectivity index (χ3n) is 5.57. The van der Waals surface area contributed by atoms with Crippen molar-refractivity contribution in [3.05, 3.63) is 95.6 Å². The van der Waals surface area contributed by atoms with Gasteiger partial charge in [0, 0.05) is 16.8 Å². The first-order valence-corrected chi connectivity index (χ1v) is 10.8. The fourth-order valence-electron chi connectivity index (χ4n) is 3.89. The smallest absolute Gasteiger partial charge is 0.255 e. The van der Waals surface area contributed by atoms with Crippen LogP contribution in [0.2, 0.25) is 0 Å². The molecule has 0 bridgehead atoms. The van der Waals surface area contributed by atoms with Gasteiger partial charge in [0.1, 0.15) is 18.9 Å². The highest BCUT2D eigenvalue weighted by Crippen LogP contribution is 2.17. The zero-order chi connectivity index (χ0) is 20.6. The average Bonchev–Trinajstić information content (AvgIpc) is 2.80. The summed E-state index contributed by atoms with van der Waals surface area (Å²) in [5.41, 5.74) is 3.82. The van der Waals surface area contributed by atoms with Gasteiger partial charge in [-0.3, -0.25) is 4.79 Å². The zero-order valence-corrected chi connectivity index (χ0v) is 17.3. The number of benzene rings is 3. The fourth-order valence-corrected chi connectivity index (χ4v) is 3.89. The van der Waals surface area contributed by atoms with Crippen molar-refractivity contribution >= 4 is 11.6 Å². The summed E-state index contributed by atoms with van der Waals surface area (Å²) in [6.07, 6.45) is 4.03. The second kappa shape index (κ2) is 10.1. The second-order valence-electron chi connectivity index (χ2n) is 7.94. The molecule has 1 heterocycles. The number of nitrogens with one attached hydrogen (secondary N) is 2. The molecule has 2 N–H and O–H groups in total. The summed E-state index contributed by atoms with van der Waals surface area (Å²) in [5.74, 6) is 0.556. The minimum absolute atomic E-state index is 0.130. The van der Waals surface area contributed by atoms with Crippen molar-refractivity contribution in [2.24, 2.45) is 0 Å². The normalized spacial score (nSPS) is 14.3. The summed E-state index contributed by atoms with van der Waals surface area (Å²) < 4.78 is 5.84. The van der Waals surface area contributed by atoms with E-state index in [1.165, 1.54) is 37.9 Å². The molecule has 4 heteroatoms. The molecule has 0 atom stereocenters. The van der Waals surface area contributed by atoms with Gasteiger partial charge in [-0.05, 0) is 55.2 Å². The van der Waals surface area contributed by atoms with E-state index in [9.17, 15) is 4.79 Å². The number of quaternary nitrogens is 1. The molecular weight excluding hydrogens is 372 g/mol. The van der Waals surface area contributed by atoms with Crippen LogP contribution >= 0.6 is 0 Å². The molecule has 30 heavy (non-hydrogen) atoms. The fraction of sp³-hybridized carbons (Fsp3) is 0.269. The van der Waals surface area contributed by atoms with Crippen molar-refractivity contribution in [1.29, 1.82) is 0 Å². The van der Waals surface area contributed by atoms with Crippen LogP contribution in [-0.4, -0.2) is 19.0 Å². The predicted octanol–water partition coefficient (Wildman–Crippen LogP) is 4.09. The molecule has 3 aromatic rings. The Balaban J connectivity index is 1.33. The summed E-state index contributed by atoms with van der Waals surface area (Å²) in [4.78, 5) is 14.3. The Labute approximate surface area is 178 Å². The number of likely N-dealkylation sites (tertiary alicyclic amines) is 1. The molecule has 1 aliphatic heterocycles. The highest BCUT2D eigenvalue weighted by atomic mass is 16.5. The number of rotatable bonds is 7. The molecule has 0 radical (unpaired) electrons. The third kappa shape index (κ3) is 5.71. The number of hydrogen-bond donors (Lipinski definition) is 2. The van der Waals surface area contributed by atoms with E-state index in [1.807, 2.05) is 54.6 Å². The Morgan fingerprint density at radius 2 is 1.60 bits per heavy atom. The number of anilines is 1. The maximum Gasteiger partial charge on any atom is 0.255 e. The van der Waals surface area contributed by atoms with E-state index in [-0.39, 0.29) is 5.91 Å². The van der Waals surface area contributed by atoms with Gasteiger partial charge in [0.15, 0.2) is 0 Å². The molecule has 1 fully saturated rings. The van der Waals surface area contributed by atoms with E-state index >= 15 is 0 Å². The third-order valence-corrected chi connectivity index (χ3v) is 5.57. The molecule has 1 aliphatic rings. The molecule has 0 unspecified atom stereocenters. The van der Waals surface area contributed by atoms with Crippen molar-refractivity contribution in [2.75, 3.05) is 18.4 Å². The van der Waals surface area contributed by atoms with Gasteiger partial charge in [-0.2, -0.15) is 0 Å². The Morgan fingerprint density at radius 3 is 2.37 bits per heavy atom. The van der Waals surface area contributed by atoms with Crippen LogP contribution < -0.4 is 15.0 Å². The molecule has 0 aromatic heterocycles. The summed E-state index contributed by atoms with van der Waals surface area (Å²) in [7, 11) is 0. The highest BCUT2D eigenvalue weighted by molar-refractivity contribution is 6.04. The maximum atomic E-state index is 12.7. The quantitative estimate of drug-likeness (QED) is 0.626. The number of amides is 1. The lowest BCUT2D eigenvalue weighted by Crippen LogP contribution is -3.11. The van der Waals surface area contributed by atoms with E-state index in [0.717, 1.165) is 17.8 Å². The zero-order valence-electron chi connectivity index (χ0n) is 17.3. The largest absolute Gasteiger partial charge is 0.489 e. The van der Waals surface area contributed by atoms with Gasteiger partial charge in [-0.1, -0.05) is 48.5 Å².